The van der Waals surface area contributed by atoms with Gasteiger partial charge in [-0.25, -0.2) is 4.39 Å². The Morgan fingerprint density at radius 1 is 1.29 bits per heavy atom. The normalized spacial score (nSPS) is 18.5. The first kappa shape index (κ1) is 13.7. The molecule has 1 unspecified atom stereocenters. The molecule has 0 aliphatic carbocycles. The SMILES string of the molecule is O=C(c1cccnc1)N1CCOC(c2ccc(F)cc2)C1. The molecule has 2 heterocycles. The van der Waals surface area contributed by atoms with E-state index in [0.717, 1.165) is 5.56 Å². The number of morpholine rings is 1. The van der Waals surface area contributed by atoms with Crippen molar-refractivity contribution in [2.75, 3.05) is 19.7 Å². The summed E-state index contributed by atoms with van der Waals surface area (Å²) in [6, 6.07) is 9.68. The summed E-state index contributed by atoms with van der Waals surface area (Å²) in [6.07, 6.45) is 2.97. The highest BCUT2D eigenvalue weighted by molar-refractivity contribution is 5.93. The molecule has 1 aromatic heterocycles. The third-order valence-corrected chi connectivity index (χ3v) is 3.50. The number of carbonyl (C=O) groups is 1. The molecule has 0 bridgehead atoms. The van der Waals surface area contributed by atoms with Crippen molar-refractivity contribution < 1.29 is 13.9 Å². The number of amides is 1. The van der Waals surface area contributed by atoms with Crippen LogP contribution in [0.4, 0.5) is 4.39 Å². The summed E-state index contributed by atoms with van der Waals surface area (Å²) in [7, 11) is 0. The zero-order chi connectivity index (χ0) is 14.7. The van der Waals surface area contributed by atoms with Gasteiger partial charge in [0.25, 0.3) is 5.91 Å². The maximum atomic E-state index is 13.0. The van der Waals surface area contributed by atoms with E-state index in [1.807, 2.05) is 0 Å². The highest BCUT2D eigenvalue weighted by Crippen LogP contribution is 2.23. The Morgan fingerprint density at radius 2 is 2.10 bits per heavy atom. The number of nitrogens with zero attached hydrogens (tertiary/aromatic N) is 2. The first-order chi connectivity index (χ1) is 10.2. The predicted octanol–water partition coefficient (Wildman–Crippen LogP) is 2.43. The van der Waals surface area contributed by atoms with E-state index in [2.05, 4.69) is 4.98 Å². The zero-order valence-corrected chi connectivity index (χ0v) is 11.4. The zero-order valence-electron chi connectivity index (χ0n) is 11.4. The Bertz CT molecular complexity index is 616. The molecule has 1 aliphatic rings. The van der Waals surface area contributed by atoms with Crippen LogP contribution >= 0.6 is 0 Å². The molecule has 1 fully saturated rings. The van der Waals surface area contributed by atoms with Crippen molar-refractivity contribution in [3.05, 3.63) is 65.7 Å². The number of rotatable bonds is 2. The molecule has 0 saturated carbocycles. The molecule has 1 aliphatic heterocycles. The number of hydrogen-bond donors (Lipinski definition) is 0. The number of pyridine rings is 1. The van der Waals surface area contributed by atoms with Gasteiger partial charge in [0.05, 0.1) is 18.7 Å². The second-order valence-corrected chi connectivity index (χ2v) is 4.90. The van der Waals surface area contributed by atoms with Crippen molar-refractivity contribution in [1.29, 1.82) is 0 Å². The van der Waals surface area contributed by atoms with Gasteiger partial charge in [0.2, 0.25) is 0 Å². The summed E-state index contributed by atoms with van der Waals surface area (Å²) in [5.41, 5.74) is 1.44. The van der Waals surface area contributed by atoms with Gasteiger partial charge in [0, 0.05) is 18.9 Å². The van der Waals surface area contributed by atoms with Crippen molar-refractivity contribution in [2.45, 2.75) is 6.10 Å². The van der Waals surface area contributed by atoms with Crippen LogP contribution in [0.1, 0.15) is 22.0 Å². The molecule has 1 atom stereocenters. The molecule has 2 aromatic rings. The summed E-state index contributed by atoms with van der Waals surface area (Å²) in [5.74, 6) is -0.337. The summed E-state index contributed by atoms with van der Waals surface area (Å²) < 4.78 is 18.7. The van der Waals surface area contributed by atoms with Crippen LogP contribution in [-0.4, -0.2) is 35.5 Å². The van der Waals surface area contributed by atoms with Gasteiger partial charge in [0.1, 0.15) is 11.9 Å². The van der Waals surface area contributed by atoms with Gasteiger partial charge >= 0.3 is 0 Å². The van der Waals surface area contributed by atoms with Crippen molar-refractivity contribution >= 4 is 5.91 Å². The van der Waals surface area contributed by atoms with E-state index in [9.17, 15) is 9.18 Å². The minimum atomic E-state index is -0.280. The lowest BCUT2D eigenvalue weighted by Crippen LogP contribution is -2.42. The third-order valence-electron chi connectivity index (χ3n) is 3.50. The fraction of sp³-hybridized carbons (Fsp3) is 0.250. The van der Waals surface area contributed by atoms with Gasteiger partial charge in [-0.1, -0.05) is 12.1 Å². The Kier molecular flexibility index (Phi) is 3.92. The Balaban J connectivity index is 1.74. The first-order valence-electron chi connectivity index (χ1n) is 6.80. The molecule has 0 N–H and O–H groups in total. The van der Waals surface area contributed by atoms with Crippen molar-refractivity contribution in [3.8, 4) is 0 Å². The van der Waals surface area contributed by atoms with Gasteiger partial charge in [-0.05, 0) is 29.8 Å². The topological polar surface area (TPSA) is 42.4 Å². The van der Waals surface area contributed by atoms with Gasteiger partial charge < -0.3 is 9.64 Å². The summed E-state index contributed by atoms with van der Waals surface area (Å²) in [4.78, 5) is 18.1. The smallest absolute Gasteiger partial charge is 0.255 e. The van der Waals surface area contributed by atoms with Crippen LogP contribution in [0, 0.1) is 5.82 Å². The predicted molar refractivity (Wildman–Crippen MR) is 75.2 cm³/mol. The van der Waals surface area contributed by atoms with E-state index >= 15 is 0 Å². The maximum Gasteiger partial charge on any atom is 0.255 e. The minimum Gasteiger partial charge on any atom is -0.370 e. The molecule has 5 heteroatoms. The van der Waals surface area contributed by atoms with Crippen LogP contribution in [-0.2, 0) is 4.74 Å². The molecule has 1 aromatic carbocycles. The fourth-order valence-corrected chi connectivity index (χ4v) is 2.38. The van der Waals surface area contributed by atoms with Crippen molar-refractivity contribution in [1.82, 2.24) is 9.88 Å². The van der Waals surface area contributed by atoms with E-state index in [-0.39, 0.29) is 17.8 Å². The molecule has 108 valence electrons. The van der Waals surface area contributed by atoms with Crippen LogP contribution in [0.2, 0.25) is 0 Å². The van der Waals surface area contributed by atoms with E-state index in [1.165, 1.54) is 12.1 Å². The molecule has 0 radical (unpaired) electrons. The number of carbonyl (C=O) groups excluding carboxylic acids is 1. The Morgan fingerprint density at radius 3 is 2.81 bits per heavy atom. The molecule has 4 nitrogen and oxygen atoms in total. The quantitative estimate of drug-likeness (QED) is 0.851. The van der Waals surface area contributed by atoms with Crippen LogP contribution in [0.5, 0.6) is 0 Å². The van der Waals surface area contributed by atoms with E-state index in [1.54, 1.807) is 41.6 Å². The second-order valence-electron chi connectivity index (χ2n) is 4.90. The Labute approximate surface area is 122 Å². The minimum absolute atomic E-state index is 0.0569. The average Bonchev–Trinajstić information content (AvgIpc) is 2.56. The monoisotopic (exact) mass is 286 g/mol. The first-order valence-corrected chi connectivity index (χ1v) is 6.80. The van der Waals surface area contributed by atoms with E-state index in [4.69, 9.17) is 4.74 Å². The number of halogens is 1. The van der Waals surface area contributed by atoms with Crippen molar-refractivity contribution in [2.24, 2.45) is 0 Å². The molecule has 3 rings (SSSR count). The second kappa shape index (κ2) is 6.01. The van der Waals surface area contributed by atoms with Crippen LogP contribution in [0.3, 0.4) is 0 Å². The highest BCUT2D eigenvalue weighted by atomic mass is 19.1. The standard InChI is InChI=1S/C16H15FN2O2/c17-14-5-3-12(4-6-14)15-11-19(8-9-21-15)16(20)13-2-1-7-18-10-13/h1-7,10,15H,8-9,11H2. The van der Waals surface area contributed by atoms with Crippen LogP contribution in [0.15, 0.2) is 48.8 Å². The van der Waals surface area contributed by atoms with Crippen LogP contribution < -0.4 is 0 Å². The largest absolute Gasteiger partial charge is 0.370 e. The van der Waals surface area contributed by atoms with Gasteiger partial charge in [-0.3, -0.25) is 9.78 Å². The van der Waals surface area contributed by atoms with E-state index < -0.39 is 0 Å². The Hall–Kier alpha value is -2.27. The molecular weight excluding hydrogens is 271 g/mol. The number of aromatic nitrogens is 1. The summed E-state index contributed by atoms with van der Waals surface area (Å²) in [5, 5.41) is 0. The lowest BCUT2D eigenvalue weighted by molar-refractivity contribution is -0.0228. The molecule has 1 saturated heterocycles. The average molecular weight is 286 g/mol. The highest BCUT2D eigenvalue weighted by Gasteiger charge is 2.26. The third kappa shape index (κ3) is 3.08. The molecule has 0 spiro atoms. The van der Waals surface area contributed by atoms with Crippen molar-refractivity contribution in [3.63, 3.8) is 0 Å². The van der Waals surface area contributed by atoms with Gasteiger partial charge in [-0.2, -0.15) is 0 Å². The lowest BCUT2D eigenvalue weighted by atomic mass is 10.1. The maximum absolute atomic E-state index is 13.0. The summed E-state index contributed by atoms with van der Waals surface area (Å²) in [6.45, 7) is 1.47. The number of benzene rings is 1. The number of hydrogen-bond acceptors (Lipinski definition) is 3. The van der Waals surface area contributed by atoms with E-state index in [0.29, 0.717) is 25.3 Å². The van der Waals surface area contributed by atoms with Gasteiger partial charge in [-0.15, -0.1) is 0 Å². The van der Waals surface area contributed by atoms with Gasteiger partial charge in [0.15, 0.2) is 0 Å². The number of ether oxygens (including phenoxy) is 1. The molecule has 21 heavy (non-hydrogen) atoms. The molecular formula is C16H15FN2O2. The molecule has 1 amide bonds. The van der Waals surface area contributed by atoms with Crippen LogP contribution in [0.25, 0.3) is 0 Å². The summed E-state index contributed by atoms with van der Waals surface area (Å²) >= 11 is 0. The lowest BCUT2D eigenvalue weighted by Gasteiger charge is -2.33. The fourth-order valence-electron chi connectivity index (χ4n) is 2.38.